The number of hydrogen-bond donors (Lipinski definition) is 0. The molecular formula is C8H4K2O4. The summed E-state index contributed by atoms with van der Waals surface area (Å²) in [6, 6.07) is 4.81. The van der Waals surface area contributed by atoms with Crippen LogP contribution in [0.5, 0.6) is 0 Å². The van der Waals surface area contributed by atoms with Crippen molar-refractivity contribution < 1.29 is 123 Å². The van der Waals surface area contributed by atoms with Gasteiger partial charge in [0.15, 0.2) is 0 Å². The second-order valence-electron chi connectivity index (χ2n) is 2.16. The average molecular weight is 242 g/mol. The van der Waals surface area contributed by atoms with E-state index in [-0.39, 0.29) is 114 Å². The van der Waals surface area contributed by atoms with Crippen LogP contribution in [0.1, 0.15) is 20.7 Å². The summed E-state index contributed by atoms with van der Waals surface area (Å²) in [5.74, 6) is -2.81. The Morgan fingerprint density at radius 1 is 0.929 bits per heavy atom. The number of hydrogen-bond acceptors (Lipinski definition) is 4. The van der Waals surface area contributed by atoms with E-state index in [1.807, 2.05) is 0 Å². The van der Waals surface area contributed by atoms with E-state index in [0.717, 1.165) is 6.07 Å². The van der Waals surface area contributed by atoms with E-state index in [9.17, 15) is 19.8 Å². The molecule has 1 rings (SSSR count). The first-order valence-corrected chi connectivity index (χ1v) is 3.14. The van der Waals surface area contributed by atoms with E-state index < -0.39 is 11.9 Å². The Labute approximate surface area is 166 Å². The number of aromatic carboxylic acids is 2. The van der Waals surface area contributed by atoms with Crippen LogP contribution in [0.2, 0.25) is 0 Å². The molecule has 0 aliphatic heterocycles. The molecule has 0 saturated carbocycles. The van der Waals surface area contributed by atoms with E-state index in [1.54, 1.807) is 0 Å². The topological polar surface area (TPSA) is 80.3 Å². The first-order valence-electron chi connectivity index (χ1n) is 3.14. The van der Waals surface area contributed by atoms with Gasteiger partial charge in [0.25, 0.3) is 0 Å². The number of carbonyl (C=O) groups is 2. The molecule has 1 aromatic rings. The van der Waals surface area contributed by atoms with Gasteiger partial charge in [0.2, 0.25) is 0 Å². The molecule has 0 aliphatic rings. The fourth-order valence-electron chi connectivity index (χ4n) is 0.773. The molecule has 0 radical (unpaired) electrons. The van der Waals surface area contributed by atoms with Crippen LogP contribution >= 0.6 is 0 Å². The van der Waals surface area contributed by atoms with Crippen molar-refractivity contribution in [1.29, 1.82) is 0 Å². The van der Waals surface area contributed by atoms with Crippen LogP contribution in [-0.2, 0) is 0 Å². The molecule has 0 spiro atoms. The van der Waals surface area contributed by atoms with E-state index in [2.05, 4.69) is 0 Å². The molecule has 0 N–H and O–H groups in total. The van der Waals surface area contributed by atoms with Crippen molar-refractivity contribution >= 4 is 11.9 Å². The zero-order valence-electron chi connectivity index (χ0n) is 7.94. The maximum atomic E-state index is 10.3. The zero-order valence-corrected chi connectivity index (χ0v) is 14.2. The predicted octanol–water partition coefficient (Wildman–Crippen LogP) is -7.58. The molecule has 6 heteroatoms. The fourth-order valence-corrected chi connectivity index (χ4v) is 0.773. The number of benzene rings is 1. The maximum Gasteiger partial charge on any atom is 1.00 e. The van der Waals surface area contributed by atoms with E-state index in [1.165, 1.54) is 18.2 Å². The van der Waals surface area contributed by atoms with Gasteiger partial charge in [0, 0.05) is 0 Å². The molecule has 0 unspecified atom stereocenters. The largest absolute Gasteiger partial charge is 1.00 e. The number of carbonyl (C=O) groups excluding carboxylic acids is 2. The minimum atomic E-state index is -1.40. The summed E-state index contributed by atoms with van der Waals surface area (Å²) >= 11 is 0. The average Bonchev–Trinajstić information content (AvgIpc) is 2.04. The molecule has 0 saturated heterocycles. The third kappa shape index (κ3) is 5.50. The van der Waals surface area contributed by atoms with Crippen LogP contribution in [0.4, 0.5) is 0 Å². The van der Waals surface area contributed by atoms with Gasteiger partial charge in [-0.15, -0.1) is 0 Å². The molecule has 62 valence electrons. The molecule has 14 heavy (non-hydrogen) atoms. The second kappa shape index (κ2) is 8.57. The molecule has 0 atom stereocenters. The van der Waals surface area contributed by atoms with Crippen LogP contribution in [-0.4, -0.2) is 11.9 Å². The number of carboxylic acids is 2. The van der Waals surface area contributed by atoms with Gasteiger partial charge in [-0.2, -0.15) is 0 Å². The zero-order chi connectivity index (χ0) is 9.14. The third-order valence-electron chi connectivity index (χ3n) is 1.33. The normalized spacial score (nSPS) is 8.00. The Kier molecular flexibility index (Phi) is 10.9. The number of rotatable bonds is 2. The summed E-state index contributed by atoms with van der Waals surface area (Å²) in [5, 5.41) is 20.5. The summed E-state index contributed by atoms with van der Waals surface area (Å²) in [5.41, 5.74) is -0.339. The summed E-state index contributed by atoms with van der Waals surface area (Å²) in [7, 11) is 0. The molecule has 0 heterocycles. The van der Waals surface area contributed by atoms with Crippen molar-refractivity contribution in [2.75, 3.05) is 0 Å². The molecule has 0 amide bonds. The molecular weight excluding hydrogens is 238 g/mol. The second-order valence-corrected chi connectivity index (χ2v) is 2.16. The van der Waals surface area contributed by atoms with E-state index >= 15 is 0 Å². The fraction of sp³-hybridized carbons (Fsp3) is 0. The van der Waals surface area contributed by atoms with Crippen LogP contribution in [0.3, 0.4) is 0 Å². The first-order chi connectivity index (χ1) is 5.61. The van der Waals surface area contributed by atoms with Crippen molar-refractivity contribution in [2.24, 2.45) is 0 Å². The van der Waals surface area contributed by atoms with Crippen molar-refractivity contribution in [2.45, 2.75) is 0 Å². The predicted molar refractivity (Wildman–Crippen MR) is 35.1 cm³/mol. The van der Waals surface area contributed by atoms with Crippen molar-refractivity contribution in [3.05, 3.63) is 35.4 Å². The smallest absolute Gasteiger partial charge is 0.545 e. The van der Waals surface area contributed by atoms with Gasteiger partial charge in [-0.1, -0.05) is 18.2 Å². The minimum Gasteiger partial charge on any atom is -0.545 e. The molecule has 0 bridgehead atoms. The van der Waals surface area contributed by atoms with Crippen LogP contribution in [0.15, 0.2) is 24.3 Å². The molecule has 0 fully saturated rings. The molecule has 4 nitrogen and oxygen atoms in total. The molecule has 0 aromatic heterocycles. The Hall–Kier alpha value is 1.43. The van der Waals surface area contributed by atoms with Crippen LogP contribution in [0, 0.1) is 0 Å². The van der Waals surface area contributed by atoms with E-state index in [0.29, 0.717) is 0 Å². The molecule has 0 aliphatic carbocycles. The summed E-state index contributed by atoms with van der Waals surface area (Å²) in [4.78, 5) is 20.5. The summed E-state index contributed by atoms with van der Waals surface area (Å²) < 4.78 is 0. The van der Waals surface area contributed by atoms with Crippen molar-refractivity contribution in [3.8, 4) is 0 Å². The van der Waals surface area contributed by atoms with Gasteiger partial charge in [0.1, 0.15) is 0 Å². The quantitative estimate of drug-likeness (QED) is 0.483. The van der Waals surface area contributed by atoms with Crippen molar-refractivity contribution in [1.82, 2.24) is 0 Å². The van der Waals surface area contributed by atoms with Gasteiger partial charge in [-0.05, 0) is 17.2 Å². The van der Waals surface area contributed by atoms with Gasteiger partial charge < -0.3 is 19.8 Å². The first kappa shape index (κ1) is 17.8. The van der Waals surface area contributed by atoms with Crippen LogP contribution < -0.4 is 113 Å². The summed E-state index contributed by atoms with van der Waals surface area (Å²) in [6.45, 7) is 0. The van der Waals surface area contributed by atoms with Crippen LogP contribution in [0.25, 0.3) is 0 Å². The Bertz CT molecular complexity index is 309. The van der Waals surface area contributed by atoms with Gasteiger partial charge in [0.05, 0.1) is 11.9 Å². The monoisotopic (exact) mass is 242 g/mol. The Morgan fingerprint density at radius 3 is 1.57 bits per heavy atom. The van der Waals surface area contributed by atoms with Gasteiger partial charge >= 0.3 is 103 Å². The summed E-state index contributed by atoms with van der Waals surface area (Å²) in [6.07, 6.45) is 0. The maximum absolute atomic E-state index is 10.3. The van der Waals surface area contributed by atoms with Crippen molar-refractivity contribution in [3.63, 3.8) is 0 Å². The number of carboxylic acid groups (broad SMARTS) is 2. The van der Waals surface area contributed by atoms with Gasteiger partial charge in [-0.25, -0.2) is 0 Å². The minimum absolute atomic E-state index is 0. The van der Waals surface area contributed by atoms with E-state index in [4.69, 9.17) is 0 Å². The Balaban J connectivity index is 0. The standard InChI is InChI=1S/C8H6O4.2K/c9-7(10)5-2-1-3-6(4-5)8(11)12;;/h1-4H,(H,9,10)(H,11,12);;/q;2*+1/p-2. The van der Waals surface area contributed by atoms with Gasteiger partial charge in [-0.3, -0.25) is 0 Å². The third-order valence-corrected chi connectivity index (χ3v) is 1.33. The SMILES string of the molecule is O=C([O-])c1cccc(C(=O)[O-])c1.[K+].[K+]. The molecule has 1 aromatic carbocycles. The Morgan fingerprint density at radius 2 is 1.29 bits per heavy atom.